The molecule has 0 bridgehead atoms. The van der Waals surface area contributed by atoms with Crippen molar-refractivity contribution in [2.24, 2.45) is 0 Å². The molecule has 0 amide bonds. The van der Waals surface area contributed by atoms with Gasteiger partial charge in [-0.25, -0.2) is 4.39 Å². The standard InChI is InChI=1S/C22H23FN2O3/c1-26-21-13-16-18(14-22(21)27-12-4-10-24-15-7-8-15)25-11-9-19(16)28-20-6-3-2-5-17(20)23/h2-3,5-6,9,11,13-15,24H,4,7-8,10,12H2,1H3. The molecule has 1 saturated carbocycles. The van der Waals surface area contributed by atoms with Gasteiger partial charge in [0.05, 0.1) is 19.2 Å². The van der Waals surface area contributed by atoms with E-state index in [1.807, 2.05) is 12.1 Å². The minimum absolute atomic E-state index is 0.164. The van der Waals surface area contributed by atoms with Crippen LogP contribution in [-0.4, -0.2) is 31.3 Å². The zero-order valence-electron chi connectivity index (χ0n) is 15.8. The highest BCUT2D eigenvalue weighted by molar-refractivity contribution is 5.88. The maximum atomic E-state index is 14.0. The average Bonchev–Trinajstić information content (AvgIpc) is 3.53. The highest BCUT2D eigenvalue weighted by Crippen LogP contribution is 2.37. The van der Waals surface area contributed by atoms with Crippen LogP contribution in [0.25, 0.3) is 10.9 Å². The number of nitrogens with zero attached hydrogens (tertiary/aromatic N) is 1. The van der Waals surface area contributed by atoms with Crippen LogP contribution in [0, 0.1) is 5.82 Å². The second-order valence-corrected chi connectivity index (χ2v) is 6.79. The molecule has 28 heavy (non-hydrogen) atoms. The zero-order valence-corrected chi connectivity index (χ0v) is 15.8. The number of fused-ring (bicyclic) bond motifs is 1. The number of ether oxygens (including phenoxy) is 3. The number of nitrogens with one attached hydrogen (secondary N) is 1. The number of hydrogen-bond donors (Lipinski definition) is 1. The number of benzene rings is 2. The molecular weight excluding hydrogens is 359 g/mol. The van der Waals surface area contributed by atoms with Crippen LogP contribution in [0.2, 0.25) is 0 Å². The molecule has 5 nitrogen and oxygen atoms in total. The highest BCUT2D eigenvalue weighted by atomic mass is 19.1. The quantitative estimate of drug-likeness (QED) is 0.544. The second-order valence-electron chi connectivity index (χ2n) is 6.79. The van der Waals surface area contributed by atoms with Crippen LogP contribution in [0.15, 0.2) is 48.7 Å². The molecule has 0 aliphatic heterocycles. The van der Waals surface area contributed by atoms with Gasteiger partial charge in [-0.3, -0.25) is 4.98 Å². The lowest BCUT2D eigenvalue weighted by atomic mass is 10.1. The van der Waals surface area contributed by atoms with Gasteiger partial charge in [0.25, 0.3) is 0 Å². The summed E-state index contributed by atoms with van der Waals surface area (Å²) in [6.45, 7) is 1.53. The van der Waals surface area contributed by atoms with Crippen LogP contribution in [-0.2, 0) is 0 Å². The van der Waals surface area contributed by atoms with Crippen LogP contribution < -0.4 is 19.5 Å². The van der Waals surface area contributed by atoms with E-state index in [1.54, 1.807) is 37.6 Å². The maximum Gasteiger partial charge on any atom is 0.165 e. The Balaban J connectivity index is 1.53. The summed E-state index contributed by atoms with van der Waals surface area (Å²) in [5.41, 5.74) is 0.695. The van der Waals surface area contributed by atoms with Crippen LogP contribution in [0.3, 0.4) is 0 Å². The number of halogens is 1. The molecule has 0 saturated heterocycles. The average molecular weight is 382 g/mol. The molecule has 3 aromatic rings. The van der Waals surface area contributed by atoms with Gasteiger partial charge in [0, 0.05) is 23.7 Å². The summed E-state index contributed by atoms with van der Waals surface area (Å²) in [6.07, 6.45) is 5.11. The molecule has 0 radical (unpaired) electrons. The number of para-hydroxylation sites is 1. The van der Waals surface area contributed by atoms with Crippen molar-refractivity contribution >= 4 is 10.9 Å². The molecule has 4 rings (SSSR count). The molecule has 146 valence electrons. The first kappa shape index (κ1) is 18.5. The smallest absolute Gasteiger partial charge is 0.165 e. The van der Waals surface area contributed by atoms with E-state index in [0.29, 0.717) is 35.4 Å². The zero-order chi connectivity index (χ0) is 19.3. The van der Waals surface area contributed by atoms with Crippen LogP contribution in [0.4, 0.5) is 4.39 Å². The topological polar surface area (TPSA) is 52.6 Å². The van der Waals surface area contributed by atoms with Crippen molar-refractivity contribution in [2.45, 2.75) is 25.3 Å². The molecule has 6 heteroatoms. The number of aromatic nitrogens is 1. The van der Waals surface area contributed by atoms with Gasteiger partial charge in [-0.15, -0.1) is 0 Å². The van der Waals surface area contributed by atoms with Gasteiger partial charge in [0.15, 0.2) is 23.1 Å². The normalized spacial score (nSPS) is 13.5. The summed E-state index contributed by atoms with van der Waals surface area (Å²) < 4.78 is 31.1. The monoisotopic (exact) mass is 382 g/mol. The lowest BCUT2D eigenvalue weighted by Gasteiger charge is -2.14. The molecule has 1 aromatic heterocycles. The van der Waals surface area contributed by atoms with Crippen molar-refractivity contribution in [3.63, 3.8) is 0 Å². The Bertz CT molecular complexity index is 960. The number of hydrogen-bond acceptors (Lipinski definition) is 5. The van der Waals surface area contributed by atoms with Crippen molar-refractivity contribution in [2.75, 3.05) is 20.3 Å². The van der Waals surface area contributed by atoms with Gasteiger partial charge in [0.1, 0.15) is 5.75 Å². The Hall–Kier alpha value is -2.86. The number of rotatable bonds is 9. The van der Waals surface area contributed by atoms with Crippen molar-refractivity contribution in [3.05, 3.63) is 54.5 Å². The summed E-state index contributed by atoms with van der Waals surface area (Å²) in [5, 5.41) is 4.19. The minimum atomic E-state index is -0.417. The van der Waals surface area contributed by atoms with E-state index in [1.165, 1.54) is 18.9 Å². The Morgan fingerprint density at radius 2 is 1.93 bits per heavy atom. The van der Waals surface area contributed by atoms with Gasteiger partial charge in [0.2, 0.25) is 0 Å². The van der Waals surface area contributed by atoms with E-state index in [2.05, 4.69) is 10.3 Å². The molecule has 1 N–H and O–H groups in total. The van der Waals surface area contributed by atoms with E-state index in [9.17, 15) is 4.39 Å². The molecule has 2 aromatic carbocycles. The number of methoxy groups -OCH3 is 1. The first-order valence-corrected chi connectivity index (χ1v) is 9.50. The summed E-state index contributed by atoms with van der Waals surface area (Å²) in [6, 6.07) is 12.4. The van der Waals surface area contributed by atoms with E-state index in [4.69, 9.17) is 14.2 Å². The van der Waals surface area contributed by atoms with Gasteiger partial charge < -0.3 is 19.5 Å². The Labute approximate surface area is 163 Å². The lowest BCUT2D eigenvalue weighted by Crippen LogP contribution is -2.19. The predicted molar refractivity (Wildman–Crippen MR) is 106 cm³/mol. The van der Waals surface area contributed by atoms with Crippen molar-refractivity contribution in [1.82, 2.24) is 10.3 Å². The van der Waals surface area contributed by atoms with Gasteiger partial charge in [-0.05, 0) is 50.1 Å². The van der Waals surface area contributed by atoms with Crippen LogP contribution >= 0.6 is 0 Å². The van der Waals surface area contributed by atoms with Crippen LogP contribution in [0.1, 0.15) is 19.3 Å². The third-order valence-corrected chi connectivity index (χ3v) is 4.63. The van der Waals surface area contributed by atoms with E-state index >= 15 is 0 Å². The Morgan fingerprint density at radius 3 is 2.71 bits per heavy atom. The van der Waals surface area contributed by atoms with Crippen molar-refractivity contribution < 1.29 is 18.6 Å². The first-order valence-electron chi connectivity index (χ1n) is 9.50. The predicted octanol–water partition coefficient (Wildman–Crippen LogP) is 4.70. The summed E-state index contributed by atoms with van der Waals surface area (Å²) >= 11 is 0. The maximum absolute atomic E-state index is 14.0. The molecule has 0 atom stereocenters. The fourth-order valence-corrected chi connectivity index (χ4v) is 2.98. The molecule has 1 heterocycles. The van der Waals surface area contributed by atoms with Crippen molar-refractivity contribution in [3.8, 4) is 23.0 Å². The minimum Gasteiger partial charge on any atom is -0.493 e. The fourth-order valence-electron chi connectivity index (χ4n) is 2.98. The third-order valence-electron chi connectivity index (χ3n) is 4.63. The van der Waals surface area contributed by atoms with Gasteiger partial charge in [-0.2, -0.15) is 0 Å². The van der Waals surface area contributed by atoms with E-state index < -0.39 is 5.82 Å². The number of pyridine rings is 1. The van der Waals surface area contributed by atoms with E-state index in [-0.39, 0.29) is 5.75 Å². The Morgan fingerprint density at radius 1 is 1.07 bits per heavy atom. The van der Waals surface area contributed by atoms with Crippen LogP contribution in [0.5, 0.6) is 23.0 Å². The molecular formula is C22H23FN2O3. The lowest BCUT2D eigenvalue weighted by molar-refractivity contribution is 0.288. The third kappa shape index (κ3) is 4.34. The molecule has 1 aliphatic carbocycles. The van der Waals surface area contributed by atoms with Crippen molar-refractivity contribution in [1.29, 1.82) is 0 Å². The molecule has 1 fully saturated rings. The molecule has 0 unspecified atom stereocenters. The SMILES string of the molecule is COc1cc2c(Oc3ccccc3F)ccnc2cc1OCCCNC1CC1. The Kier molecular flexibility index (Phi) is 5.58. The first-order chi connectivity index (χ1) is 13.7. The second kappa shape index (κ2) is 8.44. The fraction of sp³-hybridized carbons (Fsp3) is 0.318. The van der Waals surface area contributed by atoms with Gasteiger partial charge in [-0.1, -0.05) is 12.1 Å². The summed E-state index contributed by atoms with van der Waals surface area (Å²) in [4.78, 5) is 4.40. The largest absolute Gasteiger partial charge is 0.493 e. The molecule has 1 aliphatic rings. The summed E-state index contributed by atoms with van der Waals surface area (Å²) in [7, 11) is 1.59. The summed E-state index contributed by atoms with van der Waals surface area (Å²) in [5.74, 6) is 1.48. The van der Waals surface area contributed by atoms with Gasteiger partial charge >= 0.3 is 0 Å². The van der Waals surface area contributed by atoms with E-state index in [0.717, 1.165) is 18.4 Å². The molecule has 0 spiro atoms. The highest BCUT2D eigenvalue weighted by Gasteiger charge is 2.19.